The summed E-state index contributed by atoms with van der Waals surface area (Å²) in [7, 11) is 0. The zero-order valence-electron chi connectivity index (χ0n) is 21.1. The van der Waals surface area contributed by atoms with Gasteiger partial charge in [0.15, 0.2) is 5.65 Å². The first-order valence-corrected chi connectivity index (χ1v) is 13.1. The van der Waals surface area contributed by atoms with Gasteiger partial charge in [-0.2, -0.15) is 5.10 Å². The molecule has 186 valence electrons. The summed E-state index contributed by atoms with van der Waals surface area (Å²) in [5, 5.41) is 4.88. The van der Waals surface area contributed by atoms with Crippen molar-refractivity contribution in [3.63, 3.8) is 0 Å². The summed E-state index contributed by atoms with van der Waals surface area (Å²) in [6.07, 6.45) is 5.95. The first kappa shape index (κ1) is 23.2. The largest absolute Gasteiger partial charge is 0.348 e. The highest BCUT2D eigenvalue weighted by Gasteiger charge is 2.33. The van der Waals surface area contributed by atoms with Crippen LogP contribution in [0.15, 0.2) is 66.9 Å². The third-order valence-corrected chi connectivity index (χ3v) is 7.64. The second kappa shape index (κ2) is 9.70. The molecule has 37 heavy (non-hydrogen) atoms. The Balaban J connectivity index is 1.26. The number of aromatic nitrogens is 3. The molecule has 0 unspecified atom stereocenters. The van der Waals surface area contributed by atoms with Gasteiger partial charge < -0.3 is 9.80 Å². The van der Waals surface area contributed by atoms with Crippen molar-refractivity contribution < 1.29 is 4.79 Å². The topological polar surface area (TPSA) is 58.1 Å². The predicted octanol–water partition coefficient (Wildman–Crippen LogP) is 5.61. The maximum Gasteiger partial charge on any atom is 0.290 e. The van der Waals surface area contributed by atoms with E-state index in [1.54, 1.807) is 0 Å². The summed E-state index contributed by atoms with van der Waals surface area (Å²) in [5.41, 5.74) is 5.72. The Hall–Kier alpha value is -4.18. The van der Waals surface area contributed by atoms with Crippen LogP contribution in [0.4, 0.5) is 5.82 Å². The highest BCUT2D eigenvalue weighted by molar-refractivity contribution is 5.95. The molecule has 0 saturated carbocycles. The standard InChI is InChI=1S/C30H31N6O/c1-21-19-36-28(32-29(21)34-17-15-25(20-34)31-2)18-26(33-36)27-10-6-7-16-35(27)30(37)24-13-11-23(12-14-24)22-8-4-3-5-9-22/h2-5,8-9,11-14,18-19,25,27H,6-7,10,15-17,20H2,1H3/q+1/t25-,27-/m0/s1. The van der Waals surface area contributed by atoms with Gasteiger partial charge in [-0.05, 0) is 49.4 Å². The van der Waals surface area contributed by atoms with Crippen molar-refractivity contribution in [3.8, 4) is 17.7 Å². The minimum atomic E-state index is -0.0623. The summed E-state index contributed by atoms with van der Waals surface area (Å²) >= 11 is 0. The molecule has 7 heteroatoms. The number of carbonyl (C=O) groups is 1. The zero-order valence-corrected chi connectivity index (χ0v) is 21.1. The van der Waals surface area contributed by atoms with Gasteiger partial charge in [0.25, 0.3) is 18.5 Å². The molecule has 2 atom stereocenters. The Morgan fingerprint density at radius 3 is 2.54 bits per heavy atom. The minimum absolute atomic E-state index is 0.0554. The lowest BCUT2D eigenvalue weighted by atomic mass is 9.97. The number of fused-ring (bicyclic) bond motifs is 1. The van der Waals surface area contributed by atoms with Crippen molar-refractivity contribution in [1.29, 1.82) is 0 Å². The summed E-state index contributed by atoms with van der Waals surface area (Å²) in [6, 6.07) is 20.3. The number of nitrogens with zero attached hydrogens (tertiary/aromatic N) is 6. The molecule has 2 aromatic carbocycles. The van der Waals surface area contributed by atoms with Gasteiger partial charge in [-0.1, -0.05) is 47.3 Å². The first-order valence-electron chi connectivity index (χ1n) is 13.1. The van der Waals surface area contributed by atoms with E-state index in [4.69, 9.17) is 16.7 Å². The van der Waals surface area contributed by atoms with Crippen molar-refractivity contribution in [2.45, 2.75) is 44.7 Å². The Morgan fingerprint density at radius 2 is 1.78 bits per heavy atom. The molecule has 0 radical (unpaired) electrons. The van der Waals surface area contributed by atoms with Crippen molar-refractivity contribution in [3.05, 3.63) is 88.5 Å². The number of anilines is 1. The SMILES string of the molecule is C#[N+][C@H]1CCN(c2nc3cc([C@@H]4CCCCN4C(=O)c4ccc(-c5ccccc5)cc4)nn3cc2C)C1. The lowest BCUT2D eigenvalue weighted by molar-refractivity contribution is 0.0605. The van der Waals surface area contributed by atoms with E-state index < -0.39 is 0 Å². The second-order valence-corrected chi connectivity index (χ2v) is 10.1. The van der Waals surface area contributed by atoms with E-state index in [1.807, 2.05) is 64.1 Å². The Labute approximate surface area is 217 Å². The highest BCUT2D eigenvalue weighted by atomic mass is 16.2. The average molecular weight is 492 g/mol. The molecule has 2 fully saturated rings. The Bertz CT molecular complexity index is 1470. The first-order chi connectivity index (χ1) is 18.1. The molecule has 2 aliphatic rings. The van der Waals surface area contributed by atoms with Crippen molar-refractivity contribution in [2.24, 2.45) is 0 Å². The number of hydrogen-bond donors (Lipinski definition) is 0. The van der Waals surface area contributed by atoms with Gasteiger partial charge in [0.05, 0.1) is 18.3 Å². The number of likely N-dealkylation sites (tertiary alicyclic amines) is 1. The van der Waals surface area contributed by atoms with E-state index in [2.05, 4.69) is 28.8 Å². The van der Waals surface area contributed by atoms with Gasteiger partial charge in [-0.25, -0.2) is 9.50 Å². The van der Waals surface area contributed by atoms with E-state index >= 15 is 0 Å². The fourth-order valence-corrected chi connectivity index (χ4v) is 5.64. The molecule has 1 amide bonds. The van der Waals surface area contributed by atoms with Gasteiger partial charge in [0, 0.05) is 42.9 Å². The molecule has 2 saturated heterocycles. The third kappa shape index (κ3) is 4.44. The van der Waals surface area contributed by atoms with Crippen LogP contribution in [0.25, 0.3) is 21.6 Å². The molecule has 6 rings (SSSR count). The van der Waals surface area contributed by atoms with Crippen LogP contribution >= 0.6 is 0 Å². The molecular weight excluding hydrogens is 460 g/mol. The lowest BCUT2D eigenvalue weighted by Crippen LogP contribution is -2.38. The third-order valence-electron chi connectivity index (χ3n) is 7.64. The summed E-state index contributed by atoms with van der Waals surface area (Å²) in [4.78, 5) is 26.8. The normalized spacial score (nSPS) is 19.8. The molecule has 0 aliphatic carbocycles. The van der Waals surface area contributed by atoms with Crippen LogP contribution in [-0.4, -0.2) is 51.1 Å². The van der Waals surface area contributed by atoms with E-state index in [0.717, 1.165) is 79.2 Å². The predicted molar refractivity (Wildman–Crippen MR) is 146 cm³/mol. The molecule has 7 nitrogen and oxygen atoms in total. The number of amides is 1. The number of piperidine rings is 1. The maximum atomic E-state index is 13.6. The second-order valence-electron chi connectivity index (χ2n) is 10.1. The summed E-state index contributed by atoms with van der Waals surface area (Å²) < 4.78 is 1.85. The van der Waals surface area contributed by atoms with Crippen LogP contribution in [-0.2, 0) is 0 Å². The number of benzene rings is 2. The van der Waals surface area contributed by atoms with Crippen molar-refractivity contribution in [1.82, 2.24) is 19.5 Å². The molecule has 0 N–H and O–H groups in total. The molecule has 0 spiro atoms. The van der Waals surface area contributed by atoms with Gasteiger partial charge in [-0.15, -0.1) is 0 Å². The van der Waals surface area contributed by atoms with Crippen LogP contribution in [0.5, 0.6) is 0 Å². The number of carbonyl (C=O) groups excluding carboxylic acids is 1. The molecule has 4 heterocycles. The van der Waals surface area contributed by atoms with Crippen LogP contribution < -0.4 is 4.90 Å². The van der Waals surface area contributed by atoms with E-state index in [-0.39, 0.29) is 18.0 Å². The zero-order chi connectivity index (χ0) is 25.4. The van der Waals surface area contributed by atoms with Gasteiger partial charge in [-0.3, -0.25) is 4.79 Å². The minimum Gasteiger partial charge on any atom is -0.348 e. The number of aryl methyl sites for hydroxylation is 1. The quantitative estimate of drug-likeness (QED) is 0.372. The smallest absolute Gasteiger partial charge is 0.290 e. The highest BCUT2D eigenvalue weighted by Crippen LogP contribution is 2.33. The number of rotatable bonds is 4. The summed E-state index contributed by atoms with van der Waals surface area (Å²) in [5.74, 6) is 1.01. The average Bonchev–Trinajstić information content (AvgIpc) is 3.59. The fraction of sp³-hybridized carbons (Fsp3) is 0.333. The Morgan fingerprint density at radius 1 is 1.00 bits per heavy atom. The van der Waals surface area contributed by atoms with Crippen LogP contribution in [0.1, 0.15) is 53.3 Å². The van der Waals surface area contributed by atoms with E-state index in [9.17, 15) is 4.79 Å². The molecule has 2 aliphatic heterocycles. The van der Waals surface area contributed by atoms with Gasteiger partial charge >= 0.3 is 0 Å². The van der Waals surface area contributed by atoms with Crippen LogP contribution in [0, 0.1) is 13.5 Å². The molecule has 0 bridgehead atoms. The van der Waals surface area contributed by atoms with Gasteiger partial charge in [0.2, 0.25) is 0 Å². The van der Waals surface area contributed by atoms with Crippen molar-refractivity contribution >= 4 is 17.4 Å². The molecule has 4 aromatic rings. The van der Waals surface area contributed by atoms with E-state index in [0.29, 0.717) is 5.56 Å². The van der Waals surface area contributed by atoms with Crippen LogP contribution in [0.3, 0.4) is 0 Å². The van der Waals surface area contributed by atoms with Crippen LogP contribution in [0.2, 0.25) is 0 Å². The Kier molecular flexibility index (Phi) is 6.09. The monoisotopic (exact) mass is 491 g/mol. The lowest BCUT2D eigenvalue weighted by Gasteiger charge is -2.34. The van der Waals surface area contributed by atoms with Gasteiger partial charge in [0.1, 0.15) is 5.82 Å². The van der Waals surface area contributed by atoms with Crippen molar-refractivity contribution in [2.75, 3.05) is 24.5 Å². The molecule has 2 aromatic heterocycles. The maximum absolute atomic E-state index is 13.6. The summed E-state index contributed by atoms with van der Waals surface area (Å²) in [6.45, 7) is 10.0. The van der Waals surface area contributed by atoms with E-state index in [1.165, 1.54) is 0 Å². The molecular formula is C30H31N6O+. The fourth-order valence-electron chi connectivity index (χ4n) is 5.64. The number of hydrogen-bond acceptors (Lipinski definition) is 4.